The van der Waals surface area contributed by atoms with Crippen molar-refractivity contribution in [2.75, 3.05) is 12.4 Å². The van der Waals surface area contributed by atoms with E-state index in [9.17, 15) is 14.4 Å². The van der Waals surface area contributed by atoms with Crippen LogP contribution < -0.4 is 5.32 Å². The van der Waals surface area contributed by atoms with E-state index in [1.165, 1.54) is 13.2 Å². The Balaban J connectivity index is 2.20. The summed E-state index contributed by atoms with van der Waals surface area (Å²) in [4.78, 5) is 34.3. The summed E-state index contributed by atoms with van der Waals surface area (Å²) in [5, 5.41) is 2.67. The van der Waals surface area contributed by atoms with E-state index < -0.39 is 5.97 Å². The van der Waals surface area contributed by atoms with Crippen LogP contribution in [-0.4, -0.2) is 25.3 Å². The number of anilines is 1. The fraction of sp³-hybridized carbons (Fsp3) is 0.0625. The highest BCUT2D eigenvalue weighted by molar-refractivity contribution is 6.05. The Bertz CT molecular complexity index is 694. The molecule has 0 aliphatic carbocycles. The van der Waals surface area contributed by atoms with Crippen LogP contribution in [0.4, 0.5) is 5.69 Å². The topological polar surface area (TPSA) is 72.5 Å². The van der Waals surface area contributed by atoms with Gasteiger partial charge in [0.05, 0.1) is 12.7 Å². The molecule has 0 aliphatic heterocycles. The first kappa shape index (κ1) is 14.5. The number of carbonyl (C=O) groups is 3. The number of methoxy groups -OCH3 is 1. The Kier molecular flexibility index (Phi) is 4.46. The molecule has 0 heterocycles. The Morgan fingerprint density at radius 3 is 2.48 bits per heavy atom. The molecule has 0 radical (unpaired) electrons. The average molecular weight is 283 g/mol. The lowest BCUT2D eigenvalue weighted by Crippen LogP contribution is -2.13. The lowest BCUT2D eigenvalue weighted by atomic mass is 10.1. The van der Waals surface area contributed by atoms with Crippen LogP contribution >= 0.6 is 0 Å². The maximum Gasteiger partial charge on any atom is 0.337 e. The van der Waals surface area contributed by atoms with E-state index in [1.807, 2.05) is 0 Å². The lowest BCUT2D eigenvalue weighted by Gasteiger charge is -2.07. The van der Waals surface area contributed by atoms with Gasteiger partial charge >= 0.3 is 5.97 Å². The van der Waals surface area contributed by atoms with E-state index in [0.717, 1.165) is 0 Å². The zero-order chi connectivity index (χ0) is 15.2. The van der Waals surface area contributed by atoms with Gasteiger partial charge in [0.1, 0.15) is 6.29 Å². The molecule has 5 heteroatoms. The number of benzene rings is 2. The Morgan fingerprint density at radius 2 is 1.76 bits per heavy atom. The summed E-state index contributed by atoms with van der Waals surface area (Å²) in [6.07, 6.45) is 0.702. The highest BCUT2D eigenvalue weighted by Gasteiger charge is 2.11. The first-order valence-corrected chi connectivity index (χ1v) is 6.19. The summed E-state index contributed by atoms with van der Waals surface area (Å²) >= 11 is 0. The standard InChI is InChI=1S/C16H13NO4/c1-21-16(20)13-6-3-5-12(9-13)15(19)17-14-7-2-4-11(8-14)10-18/h2-10H,1H3,(H,17,19). The van der Waals surface area contributed by atoms with Crippen LogP contribution in [0.3, 0.4) is 0 Å². The van der Waals surface area contributed by atoms with Gasteiger partial charge in [0.15, 0.2) is 0 Å². The zero-order valence-electron chi connectivity index (χ0n) is 11.3. The first-order valence-electron chi connectivity index (χ1n) is 6.19. The van der Waals surface area contributed by atoms with Gasteiger partial charge in [-0.25, -0.2) is 4.79 Å². The lowest BCUT2D eigenvalue weighted by molar-refractivity contribution is 0.0600. The molecule has 2 aromatic rings. The van der Waals surface area contributed by atoms with E-state index in [-0.39, 0.29) is 5.91 Å². The predicted octanol–water partition coefficient (Wildman–Crippen LogP) is 2.54. The van der Waals surface area contributed by atoms with Gasteiger partial charge in [-0.05, 0) is 30.3 Å². The quantitative estimate of drug-likeness (QED) is 0.691. The second-order valence-electron chi connectivity index (χ2n) is 4.27. The molecule has 0 saturated carbocycles. The molecule has 2 rings (SSSR count). The van der Waals surface area contributed by atoms with E-state index in [4.69, 9.17) is 0 Å². The van der Waals surface area contributed by atoms with E-state index in [2.05, 4.69) is 10.1 Å². The summed E-state index contributed by atoms with van der Waals surface area (Å²) in [5.41, 5.74) is 1.60. The third-order valence-corrected chi connectivity index (χ3v) is 2.83. The molecule has 0 saturated heterocycles. The number of rotatable bonds is 4. The molecule has 0 atom stereocenters. The predicted molar refractivity (Wildman–Crippen MR) is 77.6 cm³/mol. The number of aldehydes is 1. The van der Waals surface area contributed by atoms with Crippen molar-refractivity contribution in [1.82, 2.24) is 0 Å². The molecule has 0 spiro atoms. The van der Waals surface area contributed by atoms with Gasteiger partial charge < -0.3 is 10.1 Å². The Labute approximate surface area is 121 Å². The van der Waals surface area contributed by atoms with Crippen molar-refractivity contribution >= 4 is 23.9 Å². The number of ether oxygens (including phenoxy) is 1. The summed E-state index contributed by atoms with van der Waals surface area (Å²) in [5.74, 6) is -0.878. The molecule has 0 bridgehead atoms. The average Bonchev–Trinajstić information content (AvgIpc) is 2.54. The van der Waals surface area contributed by atoms with Gasteiger partial charge in [-0.2, -0.15) is 0 Å². The molecule has 21 heavy (non-hydrogen) atoms. The van der Waals surface area contributed by atoms with Crippen molar-refractivity contribution < 1.29 is 19.1 Å². The minimum absolute atomic E-state index is 0.298. The molecule has 106 valence electrons. The first-order chi connectivity index (χ1) is 10.1. The molecule has 0 unspecified atom stereocenters. The minimum atomic E-state index is -0.507. The van der Waals surface area contributed by atoms with E-state index in [0.29, 0.717) is 28.7 Å². The Morgan fingerprint density at radius 1 is 1.05 bits per heavy atom. The number of hydrogen-bond acceptors (Lipinski definition) is 4. The summed E-state index contributed by atoms with van der Waals surface area (Å²) in [6, 6.07) is 12.8. The molecule has 2 aromatic carbocycles. The van der Waals surface area contributed by atoms with Gasteiger partial charge in [0.25, 0.3) is 5.91 Å². The molecule has 0 fully saturated rings. The molecule has 5 nitrogen and oxygen atoms in total. The van der Waals surface area contributed by atoms with Crippen molar-refractivity contribution in [3.63, 3.8) is 0 Å². The third-order valence-electron chi connectivity index (χ3n) is 2.83. The van der Waals surface area contributed by atoms with Crippen molar-refractivity contribution in [1.29, 1.82) is 0 Å². The second kappa shape index (κ2) is 6.47. The number of carbonyl (C=O) groups excluding carboxylic acids is 3. The van der Waals surface area contributed by atoms with Gasteiger partial charge in [0, 0.05) is 16.8 Å². The molecular formula is C16H13NO4. The molecule has 0 aliphatic rings. The maximum atomic E-state index is 12.1. The highest BCUT2D eigenvalue weighted by atomic mass is 16.5. The van der Waals surface area contributed by atoms with Crippen molar-refractivity contribution in [3.05, 3.63) is 65.2 Å². The molecule has 1 amide bonds. The fourth-order valence-electron chi connectivity index (χ4n) is 1.80. The van der Waals surface area contributed by atoms with Crippen molar-refractivity contribution in [3.8, 4) is 0 Å². The number of amides is 1. The summed E-state index contributed by atoms with van der Waals surface area (Å²) in [7, 11) is 1.28. The summed E-state index contributed by atoms with van der Waals surface area (Å²) in [6.45, 7) is 0. The van der Waals surface area contributed by atoms with Crippen LogP contribution in [0.15, 0.2) is 48.5 Å². The van der Waals surface area contributed by atoms with Crippen LogP contribution in [0.25, 0.3) is 0 Å². The SMILES string of the molecule is COC(=O)c1cccc(C(=O)Nc2cccc(C=O)c2)c1. The van der Waals surface area contributed by atoms with Crippen molar-refractivity contribution in [2.45, 2.75) is 0 Å². The number of nitrogens with one attached hydrogen (secondary N) is 1. The van der Waals surface area contributed by atoms with Crippen LogP contribution in [-0.2, 0) is 4.74 Å². The monoisotopic (exact) mass is 283 g/mol. The van der Waals surface area contributed by atoms with Gasteiger partial charge in [-0.3, -0.25) is 9.59 Å². The van der Waals surface area contributed by atoms with Crippen LogP contribution in [0.5, 0.6) is 0 Å². The number of esters is 1. The molecular weight excluding hydrogens is 270 g/mol. The summed E-state index contributed by atoms with van der Waals surface area (Å²) < 4.78 is 4.61. The van der Waals surface area contributed by atoms with Gasteiger partial charge in [0.2, 0.25) is 0 Å². The fourth-order valence-corrected chi connectivity index (χ4v) is 1.80. The normalized spacial score (nSPS) is 9.76. The maximum absolute atomic E-state index is 12.1. The van der Waals surface area contributed by atoms with Crippen molar-refractivity contribution in [2.24, 2.45) is 0 Å². The van der Waals surface area contributed by atoms with Crippen LogP contribution in [0, 0.1) is 0 Å². The van der Waals surface area contributed by atoms with Crippen LogP contribution in [0.1, 0.15) is 31.1 Å². The smallest absolute Gasteiger partial charge is 0.337 e. The number of hydrogen-bond donors (Lipinski definition) is 1. The second-order valence-corrected chi connectivity index (χ2v) is 4.27. The molecule has 1 N–H and O–H groups in total. The van der Waals surface area contributed by atoms with Gasteiger partial charge in [-0.1, -0.05) is 18.2 Å². The van der Waals surface area contributed by atoms with E-state index in [1.54, 1.807) is 42.5 Å². The third kappa shape index (κ3) is 3.54. The highest BCUT2D eigenvalue weighted by Crippen LogP contribution is 2.12. The Hall–Kier alpha value is -2.95. The minimum Gasteiger partial charge on any atom is -0.465 e. The van der Waals surface area contributed by atoms with E-state index >= 15 is 0 Å². The van der Waals surface area contributed by atoms with Crippen LogP contribution in [0.2, 0.25) is 0 Å². The zero-order valence-corrected chi connectivity index (χ0v) is 11.3. The van der Waals surface area contributed by atoms with Gasteiger partial charge in [-0.15, -0.1) is 0 Å². The largest absolute Gasteiger partial charge is 0.465 e. The molecule has 0 aromatic heterocycles.